The minimum absolute atomic E-state index is 0.00176. The van der Waals surface area contributed by atoms with Gasteiger partial charge in [0.05, 0.1) is 77.7 Å². The van der Waals surface area contributed by atoms with Crippen LogP contribution in [-0.4, -0.2) is 183 Å². The molecule has 108 heavy (non-hydrogen) atoms. The number of anilines is 2. The van der Waals surface area contributed by atoms with Gasteiger partial charge in [0.2, 0.25) is 16.8 Å². The second-order valence-corrected chi connectivity index (χ2v) is 26.2. The molecule has 0 fully saturated rings. The Hall–Kier alpha value is -11.5. The Bertz CT molecular complexity index is 5350. The maximum absolute atomic E-state index is 14.6. The SMILES string of the molecule is COCCN(CCOC)C(=O)CCCC(=O)Cc1cccc2nc(Cn3nc(-c4cccc(O)c4)c4c(N)ncnc43)n(Cc3ccccc3Cl)c(=O)c12.COCCN(CCOC)C(=O)CCCCC(=O)c1cccc2nc(Cn3nc(-c4cccc(O)c4)c4c(N)ncnc43)n(CC3=CC=C[C+]=C3Cl)c(=O)c12. The minimum atomic E-state index is -0.431. The first kappa shape index (κ1) is 77.6. The highest BCUT2D eigenvalue weighted by Crippen LogP contribution is 2.35. The fourth-order valence-corrected chi connectivity index (χ4v) is 13.1. The van der Waals surface area contributed by atoms with Gasteiger partial charge in [-0.2, -0.15) is 10.2 Å². The second kappa shape index (κ2) is 36.7. The van der Waals surface area contributed by atoms with Crippen molar-refractivity contribution in [2.24, 2.45) is 0 Å². The Morgan fingerprint density at radius 1 is 0.537 bits per heavy atom. The number of hydrogen-bond acceptors (Lipinski definition) is 22. The van der Waals surface area contributed by atoms with Crippen LogP contribution in [0.5, 0.6) is 11.5 Å². The van der Waals surface area contributed by atoms with Gasteiger partial charge < -0.3 is 50.4 Å². The van der Waals surface area contributed by atoms with Crippen LogP contribution in [0.25, 0.3) is 66.4 Å². The molecule has 6 heterocycles. The average Bonchev–Trinajstić information content (AvgIpc) is 1.33. The smallest absolute Gasteiger partial charge is 0.263 e. The first-order chi connectivity index (χ1) is 52.4. The van der Waals surface area contributed by atoms with Crippen molar-refractivity contribution in [3.63, 3.8) is 0 Å². The molecule has 558 valence electrons. The molecule has 1 aliphatic rings. The molecule has 12 rings (SSSR count). The van der Waals surface area contributed by atoms with E-state index in [2.05, 4.69) is 26.0 Å². The number of methoxy groups -OCH3 is 4. The van der Waals surface area contributed by atoms with Crippen LogP contribution in [0.2, 0.25) is 5.02 Å². The maximum atomic E-state index is 14.6. The van der Waals surface area contributed by atoms with E-state index in [9.17, 15) is 39.0 Å². The predicted octanol–water partition coefficient (Wildman–Crippen LogP) is 9.47. The summed E-state index contributed by atoms with van der Waals surface area (Å²) in [6.07, 6.45) is 13.0. The molecule has 0 unspecified atom stereocenters. The quantitative estimate of drug-likeness (QED) is 0.0166. The number of fused-ring (bicyclic) bond motifs is 4. The van der Waals surface area contributed by atoms with Crippen molar-refractivity contribution < 1.29 is 48.3 Å². The number of phenolic OH excluding ortho intramolecular Hbond substituents is 2. The zero-order chi connectivity index (χ0) is 76.4. The first-order valence-corrected chi connectivity index (χ1v) is 35.6. The number of carbonyl (C=O) groups is 4. The number of aromatic hydroxyl groups is 2. The van der Waals surface area contributed by atoms with Gasteiger partial charge in [0.25, 0.3) is 11.1 Å². The van der Waals surface area contributed by atoms with Gasteiger partial charge in [0.1, 0.15) is 95.9 Å². The largest absolute Gasteiger partial charge is 0.508 e. The average molecular weight is 1510 g/mol. The molecule has 11 aromatic rings. The van der Waals surface area contributed by atoms with Crippen molar-refractivity contribution in [1.82, 2.24) is 68.4 Å². The molecular weight excluding hydrogens is 1420 g/mol. The molecule has 0 bridgehead atoms. The van der Waals surface area contributed by atoms with Crippen molar-refractivity contribution in [2.75, 3.05) is 92.5 Å². The minimum Gasteiger partial charge on any atom is -0.508 e. The summed E-state index contributed by atoms with van der Waals surface area (Å²) in [6, 6.07) is 30.7. The van der Waals surface area contributed by atoms with E-state index in [-0.39, 0.29) is 121 Å². The lowest BCUT2D eigenvalue weighted by molar-refractivity contribution is -0.133. The first-order valence-electron chi connectivity index (χ1n) is 34.9. The summed E-state index contributed by atoms with van der Waals surface area (Å²) in [4.78, 5) is 113. The van der Waals surface area contributed by atoms with Gasteiger partial charge in [-0.3, -0.25) is 37.9 Å². The molecular formula is C78H81Cl2N16O12+. The van der Waals surface area contributed by atoms with Gasteiger partial charge >= 0.3 is 0 Å². The third-order valence-corrected chi connectivity index (χ3v) is 18.9. The Labute approximate surface area is 630 Å². The van der Waals surface area contributed by atoms with Crippen LogP contribution in [0, 0.1) is 6.08 Å². The number of unbranched alkanes of at least 4 members (excludes halogenated alkanes) is 1. The van der Waals surface area contributed by atoms with E-state index in [0.717, 1.165) is 0 Å². The highest BCUT2D eigenvalue weighted by Gasteiger charge is 2.27. The monoisotopic (exact) mass is 1500 g/mol. The number of rotatable bonds is 34. The lowest BCUT2D eigenvalue weighted by Crippen LogP contribution is -2.36. The van der Waals surface area contributed by atoms with Gasteiger partial charge in [-0.1, -0.05) is 78.3 Å². The molecule has 2 amide bonds. The number of Topliss-reactive ketones (excluding diaryl/α,β-unsaturated/α-hetero) is 2. The molecule has 0 atom stereocenters. The number of aromatic nitrogens is 12. The topological polar surface area (TPSA) is 361 Å². The van der Waals surface area contributed by atoms with Crippen LogP contribution in [0.4, 0.5) is 11.6 Å². The van der Waals surface area contributed by atoms with Gasteiger partial charge in [0, 0.05) is 115 Å². The summed E-state index contributed by atoms with van der Waals surface area (Å²) >= 11 is 13.1. The third-order valence-electron chi connectivity index (χ3n) is 18.2. The van der Waals surface area contributed by atoms with Crippen LogP contribution in [0.1, 0.15) is 78.1 Å². The van der Waals surface area contributed by atoms with E-state index in [4.69, 9.17) is 73.8 Å². The van der Waals surface area contributed by atoms with Crippen LogP contribution < -0.4 is 22.6 Å². The molecule has 28 nitrogen and oxygen atoms in total. The van der Waals surface area contributed by atoms with Crippen molar-refractivity contribution in [3.8, 4) is 34.0 Å². The second-order valence-electron chi connectivity index (χ2n) is 25.4. The van der Waals surface area contributed by atoms with E-state index in [1.807, 2.05) is 18.2 Å². The molecule has 0 saturated heterocycles. The molecule has 0 radical (unpaired) electrons. The molecule has 30 heteroatoms. The number of nitrogens with two attached hydrogens (primary N) is 2. The molecule has 6 N–H and O–H groups in total. The summed E-state index contributed by atoms with van der Waals surface area (Å²) in [5.41, 5.74) is 17.7. The zero-order valence-electron chi connectivity index (χ0n) is 60.1. The van der Waals surface area contributed by atoms with Crippen LogP contribution in [0.15, 0.2) is 160 Å². The number of phenols is 2. The Balaban J connectivity index is 0.000000215. The fraction of sp³-hybridized carbons (Fsp3) is 0.308. The molecule has 1 aliphatic carbocycles. The summed E-state index contributed by atoms with van der Waals surface area (Å²) < 4.78 is 26.7. The molecule has 0 spiro atoms. The van der Waals surface area contributed by atoms with Gasteiger partial charge in [-0.05, 0) is 84.5 Å². The normalized spacial score (nSPS) is 11.9. The Kier molecular flexibility index (Phi) is 26.4. The summed E-state index contributed by atoms with van der Waals surface area (Å²) in [5.74, 6) is 0.760. The van der Waals surface area contributed by atoms with Crippen LogP contribution in [0.3, 0.4) is 0 Å². The predicted molar refractivity (Wildman–Crippen MR) is 410 cm³/mol. The number of allylic oxidation sites excluding steroid dienone is 6. The molecule has 0 aliphatic heterocycles. The van der Waals surface area contributed by atoms with Crippen molar-refractivity contribution >= 4 is 102 Å². The van der Waals surface area contributed by atoms with Crippen molar-refractivity contribution in [3.05, 3.63) is 211 Å². The number of hydrogen-bond donors (Lipinski definition) is 4. The number of carbonyl (C=O) groups excluding carboxylic acids is 4. The number of ketones is 2. The standard InChI is InChI=1S/C39H41ClN8O6.C39H39ClN8O6/c1-53-18-16-46(17-19-54-2)33(51)15-7-12-28(49)20-25-9-6-14-31-34(25)39(52)47(22-27-8-3-4-13-30(27)40)32(44-31)23-48-38-35(37(41)42-24-43-38)36(45-48)26-10-5-11-29(50)21-26;1-53-19-17-46(18-20-54-2)33(51)16-6-5-15-31(50)28-12-8-14-30-34(28)39(52)47(22-26-9-3-4-13-29(26)40)32(44-30)23-48-38-35(37(41)42-24-43-38)36(45-48)25-10-7-11-27(49)21-25/h3-6,8-11,13-14,21,24,50H,7,12,15-20,22-23H2,1-2H3,(H2,41,42,43);3-4,7-12,14,21,24H,5-6,15-20,22-23H2,1-2H3,(H2-,41,42,43,45,49)/p+1. The van der Waals surface area contributed by atoms with Gasteiger partial charge in [0.15, 0.2) is 17.1 Å². The summed E-state index contributed by atoms with van der Waals surface area (Å²) in [6.45, 7) is 3.57. The fourth-order valence-electron chi connectivity index (χ4n) is 12.7. The third kappa shape index (κ3) is 18.5. The number of nitrogens with zero attached hydrogens (tertiary/aromatic N) is 14. The van der Waals surface area contributed by atoms with Crippen molar-refractivity contribution in [2.45, 2.75) is 77.5 Å². The van der Waals surface area contributed by atoms with E-state index in [0.29, 0.717) is 171 Å². The number of ether oxygens (including phenoxy) is 4. The lowest BCUT2D eigenvalue weighted by atomic mass is 10.0. The van der Waals surface area contributed by atoms with E-state index < -0.39 is 5.56 Å². The van der Waals surface area contributed by atoms with Gasteiger partial charge in [-0.25, -0.2) is 39.3 Å². The Morgan fingerprint density at radius 2 is 1.03 bits per heavy atom. The molecule has 0 saturated carbocycles. The summed E-state index contributed by atoms with van der Waals surface area (Å²) in [7, 11) is 6.33. The van der Waals surface area contributed by atoms with E-state index >= 15 is 0 Å². The Morgan fingerprint density at radius 3 is 1.56 bits per heavy atom. The maximum Gasteiger partial charge on any atom is 0.263 e. The molecule has 5 aromatic carbocycles. The highest BCUT2D eigenvalue weighted by molar-refractivity contribution is 6.32. The molecule has 6 aromatic heterocycles. The number of benzene rings is 5. The summed E-state index contributed by atoms with van der Waals surface area (Å²) in [5, 5.41) is 32.3. The highest BCUT2D eigenvalue weighted by atomic mass is 35.5. The number of amides is 2. The van der Waals surface area contributed by atoms with E-state index in [1.165, 1.54) is 21.8 Å². The number of nitrogen functional groups attached to an aromatic ring is 2. The van der Waals surface area contributed by atoms with Gasteiger partial charge in [-0.15, -0.1) is 0 Å². The van der Waals surface area contributed by atoms with E-state index in [1.54, 1.807) is 157 Å². The lowest BCUT2D eigenvalue weighted by Gasteiger charge is -2.22. The van der Waals surface area contributed by atoms with Crippen LogP contribution >= 0.6 is 23.2 Å². The van der Waals surface area contributed by atoms with Crippen molar-refractivity contribution in [1.29, 1.82) is 0 Å². The number of halogens is 2. The van der Waals surface area contributed by atoms with Crippen LogP contribution in [-0.2, 0) is 65.9 Å². The zero-order valence-corrected chi connectivity index (χ0v) is 61.6.